The largest absolute Gasteiger partial charge is 0.325 e. The molecule has 0 amide bonds. The molecule has 1 aliphatic rings. The van der Waals surface area contributed by atoms with Crippen LogP contribution in [0.5, 0.6) is 0 Å². The molecule has 1 fully saturated rings. The molecule has 0 saturated carbocycles. The first-order valence-electron chi connectivity index (χ1n) is 9.58. The first-order chi connectivity index (χ1) is 13.3. The van der Waals surface area contributed by atoms with Crippen LogP contribution in [0.25, 0.3) is 0 Å². The van der Waals surface area contributed by atoms with Crippen molar-refractivity contribution in [3.8, 4) is 0 Å². The number of pyridine rings is 3. The molecule has 5 heteroatoms. The van der Waals surface area contributed by atoms with Crippen LogP contribution in [0.4, 0.5) is 11.6 Å². The Balaban J connectivity index is 1.47. The van der Waals surface area contributed by atoms with Crippen molar-refractivity contribution in [2.75, 3.05) is 11.9 Å². The van der Waals surface area contributed by atoms with E-state index >= 15 is 0 Å². The standard InChI is InChI=1S/C22H25N5/c1-17-7-6-10-22(25-17)26-21-12-11-18(15-24-21)20-9-3-5-14-27(20)16-19-8-2-4-13-23-19/h2,4,6-8,10-13,15,20H,3,5,9,14,16H2,1H3,(H,24,25,26)/t20-/m0/s1. The predicted octanol–water partition coefficient (Wildman–Crippen LogP) is 4.65. The number of nitrogens with one attached hydrogen (secondary N) is 1. The lowest BCUT2D eigenvalue weighted by atomic mass is 9.96. The third-order valence-electron chi connectivity index (χ3n) is 5.02. The minimum Gasteiger partial charge on any atom is -0.325 e. The van der Waals surface area contributed by atoms with Gasteiger partial charge in [0.15, 0.2) is 0 Å². The van der Waals surface area contributed by atoms with E-state index in [1.807, 2.05) is 49.6 Å². The normalized spacial score (nSPS) is 17.6. The van der Waals surface area contributed by atoms with Crippen molar-refractivity contribution in [3.63, 3.8) is 0 Å². The molecular weight excluding hydrogens is 334 g/mol. The molecule has 1 atom stereocenters. The lowest BCUT2D eigenvalue weighted by molar-refractivity contribution is 0.138. The van der Waals surface area contributed by atoms with Gasteiger partial charge < -0.3 is 5.32 Å². The number of anilines is 2. The summed E-state index contributed by atoms with van der Waals surface area (Å²) in [7, 11) is 0. The van der Waals surface area contributed by atoms with Gasteiger partial charge >= 0.3 is 0 Å². The molecule has 5 nitrogen and oxygen atoms in total. The maximum absolute atomic E-state index is 4.63. The Morgan fingerprint density at radius 2 is 1.96 bits per heavy atom. The Morgan fingerprint density at radius 1 is 1.00 bits per heavy atom. The van der Waals surface area contributed by atoms with E-state index in [0.29, 0.717) is 6.04 Å². The number of aromatic nitrogens is 3. The zero-order valence-electron chi connectivity index (χ0n) is 15.7. The predicted molar refractivity (Wildman–Crippen MR) is 108 cm³/mol. The van der Waals surface area contributed by atoms with E-state index in [0.717, 1.165) is 36.1 Å². The molecule has 0 unspecified atom stereocenters. The van der Waals surface area contributed by atoms with Gasteiger partial charge in [0.25, 0.3) is 0 Å². The van der Waals surface area contributed by atoms with E-state index in [4.69, 9.17) is 0 Å². The minimum atomic E-state index is 0.402. The highest BCUT2D eigenvalue weighted by molar-refractivity contribution is 5.51. The van der Waals surface area contributed by atoms with Crippen molar-refractivity contribution < 1.29 is 0 Å². The van der Waals surface area contributed by atoms with Gasteiger partial charge in [-0.05, 0) is 62.2 Å². The molecule has 0 spiro atoms. The molecule has 138 valence electrons. The fourth-order valence-corrected chi connectivity index (χ4v) is 3.68. The molecule has 1 N–H and O–H groups in total. The molecule has 3 aromatic heterocycles. The van der Waals surface area contributed by atoms with Gasteiger partial charge in [0.05, 0.1) is 5.69 Å². The summed E-state index contributed by atoms with van der Waals surface area (Å²) in [5.41, 5.74) is 3.39. The minimum absolute atomic E-state index is 0.402. The molecule has 0 aromatic carbocycles. The van der Waals surface area contributed by atoms with Crippen LogP contribution >= 0.6 is 0 Å². The fourth-order valence-electron chi connectivity index (χ4n) is 3.68. The van der Waals surface area contributed by atoms with Crippen LogP contribution in [0, 0.1) is 6.92 Å². The number of likely N-dealkylation sites (tertiary alicyclic amines) is 1. The third kappa shape index (κ3) is 4.49. The van der Waals surface area contributed by atoms with E-state index in [1.165, 1.54) is 24.8 Å². The monoisotopic (exact) mass is 359 g/mol. The Labute approximate surface area is 160 Å². The number of piperidine rings is 1. The van der Waals surface area contributed by atoms with Crippen LogP contribution in [-0.4, -0.2) is 26.4 Å². The number of hydrogen-bond acceptors (Lipinski definition) is 5. The molecule has 27 heavy (non-hydrogen) atoms. The number of aryl methyl sites for hydroxylation is 1. The number of hydrogen-bond donors (Lipinski definition) is 1. The van der Waals surface area contributed by atoms with Crippen LogP contribution in [-0.2, 0) is 6.54 Å². The average molecular weight is 359 g/mol. The van der Waals surface area contributed by atoms with E-state index < -0.39 is 0 Å². The summed E-state index contributed by atoms with van der Waals surface area (Å²) < 4.78 is 0. The van der Waals surface area contributed by atoms with E-state index in [1.54, 1.807) is 0 Å². The topological polar surface area (TPSA) is 53.9 Å². The lowest BCUT2D eigenvalue weighted by Crippen LogP contribution is -2.33. The summed E-state index contributed by atoms with van der Waals surface area (Å²) >= 11 is 0. The van der Waals surface area contributed by atoms with Gasteiger partial charge in [-0.15, -0.1) is 0 Å². The van der Waals surface area contributed by atoms with E-state index in [-0.39, 0.29) is 0 Å². The molecule has 1 saturated heterocycles. The summed E-state index contributed by atoms with van der Waals surface area (Å²) in [6.45, 7) is 3.98. The van der Waals surface area contributed by atoms with Crippen molar-refractivity contribution in [2.24, 2.45) is 0 Å². The zero-order chi connectivity index (χ0) is 18.5. The average Bonchev–Trinajstić information content (AvgIpc) is 2.70. The SMILES string of the molecule is Cc1cccc(Nc2ccc([C@@H]3CCCCN3Cc3ccccn3)cn2)n1. The summed E-state index contributed by atoms with van der Waals surface area (Å²) in [6, 6.07) is 16.7. The Kier molecular flexibility index (Phi) is 5.39. The van der Waals surface area contributed by atoms with E-state index in [2.05, 4.69) is 43.4 Å². The van der Waals surface area contributed by atoms with Crippen molar-refractivity contribution in [3.05, 3.63) is 77.9 Å². The quantitative estimate of drug-likeness (QED) is 0.718. The second-order valence-corrected chi connectivity index (χ2v) is 7.07. The Morgan fingerprint density at radius 3 is 2.74 bits per heavy atom. The molecule has 1 aliphatic heterocycles. The van der Waals surface area contributed by atoms with Crippen molar-refractivity contribution in [1.29, 1.82) is 0 Å². The summed E-state index contributed by atoms with van der Waals surface area (Å²) in [5, 5.41) is 3.28. The van der Waals surface area contributed by atoms with Crippen molar-refractivity contribution >= 4 is 11.6 Å². The second kappa shape index (κ2) is 8.27. The summed E-state index contributed by atoms with van der Waals surface area (Å²) in [4.78, 5) is 16.1. The van der Waals surface area contributed by atoms with Gasteiger partial charge in [0.2, 0.25) is 0 Å². The maximum Gasteiger partial charge on any atom is 0.131 e. The fraction of sp³-hybridized carbons (Fsp3) is 0.318. The van der Waals surface area contributed by atoms with Gasteiger partial charge in [-0.1, -0.05) is 24.6 Å². The Hall–Kier alpha value is -2.79. The molecule has 0 bridgehead atoms. The number of nitrogens with zero attached hydrogens (tertiary/aromatic N) is 4. The maximum atomic E-state index is 4.63. The van der Waals surface area contributed by atoms with Crippen LogP contribution in [0.1, 0.15) is 42.3 Å². The van der Waals surface area contributed by atoms with Crippen molar-refractivity contribution in [2.45, 2.75) is 38.8 Å². The molecular formula is C22H25N5. The highest BCUT2D eigenvalue weighted by Gasteiger charge is 2.24. The van der Waals surface area contributed by atoms with Gasteiger partial charge in [-0.3, -0.25) is 9.88 Å². The molecule has 0 radical (unpaired) electrons. The molecule has 3 aromatic rings. The summed E-state index contributed by atoms with van der Waals surface area (Å²) in [6.07, 6.45) is 7.54. The smallest absolute Gasteiger partial charge is 0.131 e. The second-order valence-electron chi connectivity index (χ2n) is 7.07. The van der Waals surface area contributed by atoms with Crippen LogP contribution in [0.15, 0.2) is 60.9 Å². The first kappa shape index (κ1) is 17.6. The first-order valence-corrected chi connectivity index (χ1v) is 9.58. The molecule has 0 aliphatic carbocycles. The van der Waals surface area contributed by atoms with E-state index in [9.17, 15) is 0 Å². The lowest BCUT2D eigenvalue weighted by Gasteiger charge is -2.35. The van der Waals surface area contributed by atoms with Crippen LogP contribution in [0.2, 0.25) is 0 Å². The highest BCUT2D eigenvalue weighted by Crippen LogP contribution is 2.32. The van der Waals surface area contributed by atoms with Crippen molar-refractivity contribution in [1.82, 2.24) is 19.9 Å². The van der Waals surface area contributed by atoms with Gasteiger partial charge in [-0.2, -0.15) is 0 Å². The highest BCUT2D eigenvalue weighted by atomic mass is 15.2. The number of rotatable bonds is 5. The van der Waals surface area contributed by atoms with Gasteiger partial charge in [-0.25, -0.2) is 9.97 Å². The molecule has 4 rings (SSSR count). The summed E-state index contributed by atoms with van der Waals surface area (Å²) in [5.74, 6) is 1.65. The van der Waals surface area contributed by atoms with Crippen LogP contribution in [0.3, 0.4) is 0 Å². The molecule has 4 heterocycles. The van der Waals surface area contributed by atoms with Gasteiger partial charge in [0, 0.05) is 30.7 Å². The van der Waals surface area contributed by atoms with Crippen LogP contribution < -0.4 is 5.32 Å². The van der Waals surface area contributed by atoms with Gasteiger partial charge in [0.1, 0.15) is 11.6 Å². The Bertz CT molecular complexity index is 863. The third-order valence-corrected chi connectivity index (χ3v) is 5.02. The zero-order valence-corrected chi connectivity index (χ0v) is 15.7.